The van der Waals surface area contributed by atoms with Gasteiger partial charge in [-0.15, -0.1) is 0 Å². The van der Waals surface area contributed by atoms with Gasteiger partial charge in [-0.2, -0.15) is 0 Å². The van der Waals surface area contributed by atoms with E-state index in [0.29, 0.717) is 0 Å². The second-order valence-corrected chi connectivity index (χ2v) is 12.0. The van der Waals surface area contributed by atoms with Gasteiger partial charge in [-0.3, -0.25) is 0 Å². The van der Waals surface area contributed by atoms with Crippen molar-refractivity contribution in [2.75, 3.05) is 0 Å². The summed E-state index contributed by atoms with van der Waals surface area (Å²) < 4.78 is 0. The average molecular weight is 457 g/mol. The number of halogens is 1. The van der Waals surface area contributed by atoms with E-state index in [1.165, 1.54) is 69.8 Å². The van der Waals surface area contributed by atoms with Crippen molar-refractivity contribution in [1.29, 1.82) is 0 Å². The van der Waals surface area contributed by atoms with Gasteiger partial charge in [0, 0.05) is 31.7 Å². The number of rotatable bonds is 5. The van der Waals surface area contributed by atoms with Crippen LogP contribution in [0.5, 0.6) is 0 Å². The van der Waals surface area contributed by atoms with Gasteiger partial charge < -0.3 is 11.6 Å². The summed E-state index contributed by atoms with van der Waals surface area (Å²) in [7, 11) is -1.38. The third-order valence-electron chi connectivity index (χ3n) is 6.29. The smallest absolute Gasteiger partial charge is 0.0667 e. The van der Waals surface area contributed by atoms with Crippen LogP contribution in [0.25, 0.3) is 0 Å². The zero-order valence-corrected chi connectivity index (χ0v) is 18.2. The Labute approximate surface area is 168 Å². The van der Waals surface area contributed by atoms with Crippen LogP contribution < -0.4 is 5.30 Å². The Hall–Kier alpha value is 0.602. The molecule has 0 nitrogen and oxygen atoms in total. The van der Waals surface area contributed by atoms with E-state index in [9.17, 15) is 0 Å². The van der Waals surface area contributed by atoms with Crippen LogP contribution in [0.15, 0.2) is 24.3 Å². The van der Waals surface area contributed by atoms with Gasteiger partial charge in [0.2, 0.25) is 0 Å². The molecular weight excluding hydrogens is 425 g/mol. The number of benzene rings is 1. The Morgan fingerprint density at radius 2 is 1.50 bits per heavy atom. The Morgan fingerprint density at radius 3 is 1.96 bits per heavy atom. The summed E-state index contributed by atoms with van der Waals surface area (Å²) in [5, 5.41) is 1.62. The molecule has 0 atom stereocenters. The van der Waals surface area contributed by atoms with Crippen LogP contribution in [0.4, 0.5) is 0 Å². The van der Waals surface area contributed by atoms with E-state index >= 15 is 0 Å². The van der Waals surface area contributed by atoms with Gasteiger partial charge in [0.25, 0.3) is 0 Å². The molecule has 2 aliphatic rings. The summed E-state index contributed by atoms with van der Waals surface area (Å²) >= 11 is 6.75. The van der Waals surface area contributed by atoms with Crippen molar-refractivity contribution in [2.24, 2.45) is 0 Å². The van der Waals surface area contributed by atoms with Gasteiger partial charge in [-0.1, -0.05) is 44.8 Å². The number of hydrogen-bond acceptors (Lipinski definition) is 0. The average Bonchev–Trinajstić information content (AvgIpc) is 2.65. The number of hydrogen-bond donors (Lipinski definition) is 0. The molecule has 0 bridgehead atoms. The summed E-state index contributed by atoms with van der Waals surface area (Å²) in [5.41, 5.74) is 5.40. The molecule has 2 fully saturated rings. The largest absolute Gasteiger partial charge is 0.304 e. The SMILES string of the molecule is CCc1cccc([P+]([CH-]Cl)(C2CCCCC2)C2CCCCC2)c1.[Pd]. The minimum absolute atomic E-state index is 0. The molecule has 0 aliphatic heterocycles. The predicted molar refractivity (Wildman–Crippen MR) is 106 cm³/mol. The van der Waals surface area contributed by atoms with Crippen molar-refractivity contribution >= 4 is 24.2 Å². The van der Waals surface area contributed by atoms with Crippen molar-refractivity contribution in [3.63, 3.8) is 0 Å². The van der Waals surface area contributed by atoms with Crippen LogP contribution in [-0.2, 0) is 26.8 Å². The molecule has 0 unspecified atom stereocenters. The van der Waals surface area contributed by atoms with Crippen molar-refractivity contribution in [1.82, 2.24) is 0 Å². The Morgan fingerprint density at radius 1 is 0.958 bits per heavy atom. The van der Waals surface area contributed by atoms with Crippen LogP contribution in [0.2, 0.25) is 0 Å². The molecule has 0 saturated heterocycles. The van der Waals surface area contributed by atoms with E-state index in [1.54, 1.807) is 5.30 Å². The predicted octanol–water partition coefficient (Wildman–Crippen LogP) is 6.91. The molecule has 0 amide bonds. The van der Waals surface area contributed by atoms with Gasteiger partial charge in [0.1, 0.15) is 0 Å². The normalized spacial score (nSPS) is 20.6. The van der Waals surface area contributed by atoms with Crippen molar-refractivity contribution in [3.8, 4) is 0 Å². The maximum Gasteiger partial charge on any atom is 0.0667 e. The molecule has 3 rings (SSSR count). The summed E-state index contributed by atoms with van der Waals surface area (Å²) in [4.78, 5) is 0. The summed E-state index contributed by atoms with van der Waals surface area (Å²) in [6, 6.07) is 9.49. The summed E-state index contributed by atoms with van der Waals surface area (Å²) in [6.45, 7) is 2.27. The maximum absolute atomic E-state index is 6.75. The third-order valence-corrected chi connectivity index (χ3v) is 12.2. The second kappa shape index (κ2) is 10.1. The van der Waals surface area contributed by atoms with E-state index in [4.69, 9.17) is 11.6 Å². The van der Waals surface area contributed by atoms with Crippen LogP contribution in [-0.4, -0.2) is 11.3 Å². The first-order chi connectivity index (χ1) is 11.3. The second-order valence-electron chi connectivity index (χ2n) is 7.54. The third kappa shape index (κ3) is 4.29. The van der Waals surface area contributed by atoms with Gasteiger partial charge in [-0.25, -0.2) is 0 Å². The van der Waals surface area contributed by atoms with Gasteiger partial charge in [-0.05, 0) is 75.5 Å². The molecule has 0 radical (unpaired) electrons. The molecule has 0 N–H and O–H groups in total. The van der Waals surface area contributed by atoms with Crippen LogP contribution in [0.3, 0.4) is 0 Å². The van der Waals surface area contributed by atoms with Crippen molar-refractivity contribution in [2.45, 2.75) is 88.9 Å². The fraction of sp³-hybridized carbons (Fsp3) is 0.667. The topological polar surface area (TPSA) is 0 Å². The first-order valence-corrected chi connectivity index (χ1v) is 12.2. The molecule has 2 aliphatic carbocycles. The molecular formula is C21H32ClPPd. The maximum atomic E-state index is 6.75. The monoisotopic (exact) mass is 456 g/mol. The van der Waals surface area contributed by atoms with E-state index in [-0.39, 0.29) is 20.4 Å². The quantitative estimate of drug-likeness (QED) is 0.256. The van der Waals surface area contributed by atoms with Crippen LogP contribution >= 0.6 is 18.9 Å². The van der Waals surface area contributed by atoms with Gasteiger partial charge in [0.05, 0.1) is 5.30 Å². The van der Waals surface area contributed by atoms with Gasteiger partial charge >= 0.3 is 0 Å². The van der Waals surface area contributed by atoms with Crippen molar-refractivity contribution < 1.29 is 20.4 Å². The minimum atomic E-state index is -1.38. The van der Waals surface area contributed by atoms with E-state index in [0.717, 1.165) is 17.7 Å². The van der Waals surface area contributed by atoms with E-state index in [1.807, 2.05) is 0 Å². The van der Waals surface area contributed by atoms with Crippen molar-refractivity contribution in [3.05, 3.63) is 35.5 Å². The summed E-state index contributed by atoms with van der Waals surface area (Å²) in [6.07, 6.45) is 15.3. The molecule has 0 spiro atoms. The Bertz CT molecular complexity index is 474. The Kier molecular flexibility index (Phi) is 8.77. The number of aryl methyl sites for hydroxylation is 1. The van der Waals surface area contributed by atoms with E-state index in [2.05, 4.69) is 36.8 Å². The first kappa shape index (κ1) is 20.9. The van der Waals surface area contributed by atoms with Gasteiger partial charge in [0.15, 0.2) is 0 Å². The molecule has 1 aromatic rings. The Balaban J connectivity index is 0.00000208. The zero-order chi connectivity index (χ0) is 16.1. The zero-order valence-electron chi connectivity index (χ0n) is 15.0. The summed E-state index contributed by atoms with van der Waals surface area (Å²) in [5.74, 6) is 0. The molecule has 0 aromatic heterocycles. The van der Waals surface area contributed by atoms with Crippen LogP contribution in [0.1, 0.15) is 76.7 Å². The van der Waals surface area contributed by atoms with Crippen LogP contribution in [0, 0.1) is 5.62 Å². The van der Waals surface area contributed by atoms with E-state index < -0.39 is 7.26 Å². The first-order valence-electron chi connectivity index (χ1n) is 9.73. The molecule has 0 heterocycles. The molecule has 1 aromatic carbocycles. The fourth-order valence-corrected chi connectivity index (χ4v) is 11.3. The fourth-order valence-electron chi connectivity index (χ4n) is 4.97. The molecule has 3 heteroatoms. The molecule has 2 saturated carbocycles. The standard InChI is InChI=1S/C21H32ClP.Pd/c1-2-18-10-9-15-21(16-18)23(17-22,19-11-5-3-6-12-19)20-13-7-4-8-14-20;/h9-10,15-17,19-20H,2-8,11-14H2,1H3;. The molecule has 138 valence electrons. The minimum Gasteiger partial charge on any atom is -0.304 e. The molecule has 24 heavy (non-hydrogen) atoms.